The minimum atomic E-state index is -0.300. The van der Waals surface area contributed by atoms with Crippen molar-refractivity contribution < 1.29 is 4.79 Å². The molecule has 6 heteroatoms. The third-order valence-corrected chi connectivity index (χ3v) is 4.05. The van der Waals surface area contributed by atoms with Gasteiger partial charge in [-0.25, -0.2) is 4.52 Å². The Morgan fingerprint density at radius 1 is 1.45 bits per heavy atom. The number of hydrogen-bond donors (Lipinski definition) is 2. The van der Waals surface area contributed by atoms with Crippen molar-refractivity contribution in [2.24, 2.45) is 5.92 Å². The van der Waals surface area contributed by atoms with E-state index in [1.807, 2.05) is 0 Å². The average Bonchev–Trinajstić information content (AvgIpc) is 2.84. The topological polar surface area (TPSA) is 79.3 Å². The summed E-state index contributed by atoms with van der Waals surface area (Å²) in [6.07, 6.45) is 7.63. The van der Waals surface area contributed by atoms with Gasteiger partial charge < -0.3 is 10.3 Å². The molecule has 0 saturated heterocycles. The number of nitrogens with zero attached hydrogens (tertiary/aromatic N) is 2. The highest BCUT2D eigenvalue weighted by molar-refractivity contribution is 6.01. The number of carbonyl (C=O) groups is 1. The Morgan fingerprint density at radius 2 is 2.23 bits per heavy atom. The second-order valence-corrected chi connectivity index (χ2v) is 5.67. The van der Waals surface area contributed by atoms with Gasteiger partial charge in [0, 0.05) is 18.9 Å². The zero-order valence-corrected chi connectivity index (χ0v) is 13.5. The van der Waals surface area contributed by atoms with E-state index >= 15 is 0 Å². The largest absolute Gasteiger partial charge is 0.352 e. The number of unbranched alkanes of at least 4 members (excludes halogenated alkanes) is 1. The fourth-order valence-corrected chi connectivity index (χ4v) is 2.67. The van der Waals surface area contributed by atoms with Crippen LogP contribution in [-0.4, -0.2) is 27.0 Å². The van der Waals surface area contributed by atoms with E-state index in [2.05, 4.69) is 29.2 Å². The molecule has 1 unspecified atom stereocenters. The number of hydrogen-bond acceptors (Lipinski definition) is 3. The van der Waals surface area contributed by atoms with Gasteiger partial charge in [0.2, 0.25) is 0 Å². The zero-order chi connectivity index (χ0) is 16.1. The lowest BCUT2D eigenvalue weighted by Crippen LogP contribution is -2.30. The summed E-state index contributed by atoms with van der Waals surface area (Å²) in [5, 5.41) is 7.19. The molecule has 2 N–H and O–H groups in total. The lowest BCUT2D eigenvalue weighted by atomic mass is 9.99. The molecule has 2 aromatic heterocycles. The van der Waals surface area contributed by atoms with Gasteiger partial charge in [-0.15, -0.1) is 0 Å². The first-order chi connectivity index (χ1) is 10.6. The average molecular weight is 304 g/mol. The lowest BCUT2D eigenvalue weighted by molar-refractivity contribution is 0.0946. The molecule has 0 aliphatic heterocycles. The van der Waals surface area contributed by atoms with Crippen LogP contribution >= 0.6 is 0 Å². The number of aromatic nitrogens is 3. The molecule has 22 heavy (non-hydrogen) atoms. The van der Waals surface area contributed by atoms with E-state index in [9.17, 15) is 9.59 Å². The van der Waals surface area contributed by atoms with Crippen LogP contribution in [0.4, 0.5) is 0 Å². The van der Waals surface area contributed by atoms with E-state index in [0.29, 0.717) is 29.2 Å². The molecule has 0 radical (unpaired) electrons. The SMILES string of the molecule is CCCCC(CC)CNC(=O)c1c(C)nn2cc[nH]c(=O)c12. The van der Waals surface area contributed by atoms with Crippen LogP contribution in [0.15, 0.2) is 17.2 Å². The molecule has 2 rings (SSSR count). The van der Waals surface area contributed by atoms with Gasteiger partial charge >= 0.3 is 0 Å². The molecule has 0 fully saturated rings. The second kappa shape index (κ2) is 7.24. The van der Waals surface area contributed by atoms with Crippen LogP contribution in [0.3, 0.4) is 0 Å². The van der Waals surface area contributed by atoms with Crippen LogP contribution in [0.1, 0.15) is 55.6 Å². The quantitative estimate of drug-likeness (QED) is 0.823. The molecule has 120 valence electrons. The number of aromatic amines is 1. The number of amides is 1. The Kier molecular flexibility index (Phi) is 5.35. The highest BCUT2D eigenvalue weighted by Crippen LogP contribution is 2.14. The van der Waals surface area contributed by atoms with Crippen molar-refractivity contribution in [3.63, 3.8) is 0 Å². The minimum absolute atomic E-state index is 0.223. The molecule has 0 spiro atoms. The van der Waals surface area contributed by atoms with Crippen molar-refractivity contribution in [2.75, 3.05) is 6.54 Å². The molecule has 1 atom stereocenters. The fraction of sp³-hybridized carbons (Fsp3) is 0.562. The predicted molar refractivity (Wildman–Crippen MR) is 86.2 cm³/mol. The van der Waals surface area contributed by atoms with Gasteiger partial charge in [0.05, 0.1) is 11.3 Å². The van der Waals surface area contributed by atoms with Gasteiger partial charge in [-0.3, -0.25) is 9.59 Å². The minimum Gasteiger partial charge on any atom is -0.352 e. The Balaban J connectivity index is 2.16. The molecule has 0 saturated carbocycles. The summed E-state index contributed by atoms with van der Waals surface area (Å²) in [6, 6.07) is 0. The van der Waals surface area contributed by atoms with Crippen molar-refractivity contribution in [2.45, 2.75) is 46.5 Å². The van der Waals surface area contributed by atoms with E-state index < -0.39 is 0 Å². The number of aryl methyl sites for hydroxylation is 1. The number of H-pyrrole nitrogens is 1. The second-order valence-electron chi connectivity index (χ2n) is 5.67. The van der Waals surface area contributed by atoms with Crippen molar-refractivity contribution in [3.8, 4) is 0 Å². The van der Waals surface area contributed by atoms with Gasteiger partial charge in [0.1, 0.15) is 5.52 Å². The standard InChI is InChI=1S/C16H24N4O2/c1-4-6-7-12(5-2)10-18-15(21)13-11(3)19-20-9-8-17-16(22)14(13)20/h8-9,12H,4-7,10H2,1-3H3,(H,17,22)(H,18,21). The van der Waals surface area contributed by atoms with E-state index in [0.717, 1.165) is 19.3 Å². The van der Waals surface area contributed by atoms with Gasteiger partial charge in [-0.2, -0.15) is 5.10 Å². The van der Waals surface area contributed by atoms with E-state index in [4.69, 9.17) is 0 Å². The van der Waals surface area contributed by atoms with Crippen molar-refractivity contribution in [1.82, 2.24) is 19.9 Å². The highest BCUT2D eigenvalue weighted by Gasteiger charge is 2.20. The van der Waals surface area contributed by atoms with Crippen LogP contribution < -0.4 is 10.9 Å². The molecule has 2 heterocycles. The summed E-state index contributed by atoms with van der Waals surface area (Å²) in [4.78, 5) is 27.0. The molecule has 6 nitrogen and oxygen atoms in total. The molecule has 2 aromatic rings. The highest BCUT2D eigenvalue weighted by atomic mass is 16.2. The van der Waals surface area contributed by atoms with Crippen LogP contribution in [0.25, 0.3) is 5.52 Å². The Labute approximate surface area is 129 Å². The molecule has 1 amide bonds. The molecule has 0 aromatic carbocycles. The summed E-state index contributed by atoms with van der Waals surface area (Å²) in [5.74, 6) is 0.253. The van der Waals surface area contributed by atoms with Gasteiger partial charge in [0.15, 0.2) is 0 Å². The van der Waals surface area contributed by atoms with Crippen molar-refractivity contribution in [3.05, 3.63) is 34.0 Å². The lowest BCUT2D eigenvalue weighted by Gasteiger charge is -2.15. The number of carbonyl (C=O) groups excluding carboxylic acids is 1. The Hall–Kier alpha value is -2.11. The van der Waals surface area contributed by atoms with Gasteiger partial charge in [-0.05, 0) is 19.3 Å². The third-order valence-electron chi connectivity index (χ3n) is 4.05. The molecular formula is C16H24N4O2. The van der Waals surface area contributed by atoms with E-state index in [1.54, 1.807) is 13.1 Å². The van der Waals surface area contributed by atoms with Crippen LogP contribution in [-0.2, 0) is 0 Å². The normalized spacial score (nSPS) is 12.5. The number of fused-ring (bicyclic) bond motifs is 1. The maximum absolute atomic E-state index is 12.5. The number of rotatable bonds is 7. The van der Waals surface area contributed by atoms with Crippen molar-refractivity contribution in [1.29, 1.82) is 0 Å². The fourth-order valence-electron chi connectivity index (χ4n) is 2.67. The van der Waals surface area contributed by atoms with Gasteiger partial charge in [-0.1, -0.05) is 33.1 Å². The maximum atomic E-state index is 12.5. The van der Waals surface area contributed by atoms with E-state index in [1.165, 1.54) is 17.1 Å². The summed E-state index contributed by atoms with van der Waals surface area (Å²) in [6.45, 7) is 6.68. The summed E-state index contributed by atoms with van der Waals surface area (Å²) >= 11 is 0. The van der Waals surface area contributed by atoms with E-state index in [-0.39, 0.29) is 11.5 Å². The Morgan fingerprint density at radius 3 is 2.91 bits per heavy atom. The molecule has 0 aliphatic rings. The predicted octanol–water partition coefficient (Wildman–Crippen LogP) is 2.28. The summed E-state index contributed by atoms with van der Waals surface area (Å²) in [7, 11) is 0. The third kappa shape index (κ3) is 3.37. The van der Waals surface area contributed by atoms with Gasteiger partial charge in [0.25, 0.3) is 11.5 Å². The monoisotopic (exact) mass is 304 g/mol. The first-order valence-corrected chi connectivity index (χ1v) is 7.93. The summed E-state index contributed by atoms with van der Waals surface area (Å²) in [5.41, 5.74) is 0.938. The zero-order valence-electron chi connectivity index (χ0n) is 13.5. The molecular weight excluding hydrogens is 280 g/mol. The number of nitrogens with one attached hydrogen (secondary N) is 2. The Bertz CT molecular complexity index is 702. The molecule has 0 bridgehead atoms. The summed E-state index contributed by atoms with van der Waals surface area (Å²) < 4.78 is 1.46. The maximum Gasteiger partial charge on any atom is 0.274 e. The van der Waals surface area contributed by atoms with Crippen LogP contribution in [0, 0.1) is 12.8 Å². The first kappa shape index (κ1) is 16.3. The smallest absolute Gasteiger partial charge is 0.274 e. The van der Waals surface area contributed by atoms with Crippen molar-refractivity contribution >= 4 is 11.4 Å². The molecule has 0 aliphatic carbocycles. The van der Waals surface area contributed by atoms with Crippen LogP contribution in [0.5, 0.6) is 0 Å². The van der Waals surface area contributed by atoms with Crippen LogP contribution in [0.2, 0.25) is 0 Å². The first-order valence-electron chi connectivity index (χ1n) is 7.93.